The summed E-state index contributed by atoms with van der Waals surface area (Å²) >= 11 is 0. The first-order valence-corrected chi connectivity index (χ1v) is 7.88. The Hall–Kier alpha value is -1.63. The van der Waals surface area contributed by atoms with Gasteiger partial charge in [-0.1, -0.05) is 0 Å². The summed E-state index contributed by atoms with van der Waals surface area (Å²) in [5, 5.41) is 5.63. The van der Waals surface area contributed by atoms with Crippen molar-refractivity contribution in [3.63, 3.8) is 0 Å². The number of sulfone groups is 1. The van der Waals surface area contributed by atoms with E-state index in [0.717, 1.165) is 6.26 Å². The third-order valence-electron chi connectivity index (χ3n) is 2.26. The van der Waals surface area contributed by atoms with Gasteiger partial charge < -0.3 is 10.6 Å². The average Bonchev–Trinajstić information content (AvgIpc) is 2.27. The predicted molar refractivity (Wildman–Crippen MR) is 73.7 cm³/mol. The number of hydrogen-bond acceptors (Lipinski definition) is 5. The highest BCUT2D eigenvalue weighted by Gasteiger charge is 2.13. The summed E-state index contributed by atoms with van der Waals surface area (Å²) in [6.45, 7) is 4.09. The third kappa shape index (κ3) is 5.25. The lowest BCUT2D eigenvalue weighted by molar-refractivity contribution is -0.121. The van der Waals surface area contributed by atoms with Crippen LogP contribution in [0, 0.1) is 0 Å². The summed E-state index contributed by atoms with van der Waals surface area (Å²) < 4.78 is 23.1. The molecule has 2 N–H and O–H groups in total. The van der Waals surface area contributed by atoms with Gasteiger partial charge in [0.2, 0.25) is 5.91 Å². The monoisotopic (exact) mass is 285 g/mol. The fourth-order valence-corrected chi connectivity index (χ4v) is 2.31. The molecule has 0 atom stereocenters. The molecule has 1 heterocycles. The minimum Gasteiger partial charge on any atom is -0.368 e. The van der Waals surface area contributed by atoms with Crippen LogP contribution >= 0.6 is 0 Å². The van der Waals surface area contributed by atoms with Crippen molar-refractivity contribution in [2.75, 3.05) is 18.1 Å². The van der Waals surface area contributed by atoms with Gasteiger partial charge in [-0.3, -0.25) is 4.79 Å². The first-order valence-electron chi connectivity index (χ1n) is 5.99. The van der Waals surface area contributed by atoms with Gasteiger partial charge in [0.25, 0.3) is 0 Å². The largest absolute Gasteiger partial charge is 0.368 e. The van der Waals surface area contributed by atoms with Crippen LogP contribution in [0.5, 0.6) is 0 Å². The Labute approximate surface area is 113 Å². The highest BCUT2D eigenvalue weighted by Crippen LogP contribution is 2.17. The summed E-state index contributed by atoms with van der Waals surface area (Å²) in [7, 11) is -3.33. The van der Waals surface area contributed by atoms with Crippen LogP contribution in [0.1, 0.15) is 20.3 Å². The van der Waals surface area contributed by atoms with E-state index in [1.165, 1.54) is 12.3 Å². The molecule has 0 aliphatic carbocycles. The molecule has 0 aromatic carbocycles. The molecule has 6 nitrogen and oxygen atoms in total. The SMILES string of the molecule is CC(C)NC(=O)CCNc1ncccc1S(C)(=O)=O. The number of carbonyl (C=O) groups excluding carboxylic acids is 1. The molecule has 0 radical (unpaired) electrons. The van der Waals surface area contributed by atoms with Gasteiger partial charge in [0.05, 0.1) is 0 Å². The van der Waals surface area contributed by atoms with Crippen molar-refractivity contribution in [3.8, 4) is 0 Å². The summed E-state index contributed by atoms with van der Waals surface area (Å²) in [4.78, 5) is 15.6. The Kier molecular flexibility index (Phi) is 5.29. The standard InChI is InChI=1S/C12H19N3O3S/c1-9(2)15-11(16)6-8-14-12-10(19(3,17)18)5-4-7-13-12/h4-5,7,9H,6,8H2,1-3H3,(H,13,14)(H,15,16). The maximum absolute atomic E-state index is 11.5. The predicted octanol–water partition coefficient (Wildman–Crippen LogP) is 0.812. The van der Waals surface area contributed by atoms with Crippen molar-refractivity contribution in [3.05, 3.63) is 18.3 Å². The molecular formula is C12H19N3O3S. The Morgan fingerprint density at radius 3 is 2.68 bits per heavy atom. The summed E-state index contributed by atoms with van der Waals surface area (Å²) in [6.07, 6.45) is 2.89. The van der Waals surface area contributed by atoms with E-state index in [1.54, 1.807) is 6.07 Å². The summed E-state index contributed by atoms with van der Waals surface area (Å²) in [5.41, 5.74) is 0. The molecule has 0 fully saturated rings. The van der Waals surface area contributed by atoms with E-state index in [0.29, 0.717) is 6.54 Å². The minimum absolute atomic E-state index is 0.0839. The molecule has 19 heavy (non-hydrogen) atoms. The molecular weight excluding hydrogens is 266 g/mol. The van der Waals surface area contributed by atoms with Gasteiger partial charge >= 0.3 is 0 Å². The van der Waals surface area contributed by atoms with E-state index in [9.17, 15) is 13.2 Å². The van der Waals surface area contributed by atoms with Crippen LogP contribution in [0.4, 0.5) is 5.82 Å². The number of nitrogens with zero attached hydrogens (tertiary/aromatic N) is 1. The van der Waals surface area contributed by atoms with Gasteiger partial charge in [-0.2, -0.15) is 0 Å². The molecule has 0 saturated carbocycles. The first-order chi connectivity index (χ1) is 8.80. The van der Waals surface area contributed by atoms with Gasteiger partial charge in [-0.15, -0.1) is 0 Å². The lowest BCUT2D eigenvalue weighted by Crippen LogP contribution is -2.31. The highest BCUT2D eigenvalue weighted by molar-refractivity contribution is 7.90. The second-order valence-corrected chi connectivity index (χ2v) is 6.51. The second-order valence-electron chi connectivity index (χ2n) is 4.52. The zero-order valence-corrected chi connectivity index (χ0v) is 12.1. The van der Waals surface area contributed by atoms with E-state index in [4.69, 9.17) is 0 Å². The van der Waals surface area contributed by atoms with Crippen molar-refractivity contribution in [2.24, 2.45) is 0 Å². The van der Waals surface area contributed by atoms with Crippen molar-refractivity contribution in [1.82, 2.24) is 10.3 Å². The van der Waals surface area contributed by atoms with E-state index in [-0.39, 0.29) is 29.1 Å². The normalized spacial score (nSPS) is 11.4. The van der Waals surface area contributed by atoms with Crippen molar-refractivity contribution >= 4 is 21.6 Å². The average molecular weight is 285 g/mol. The maximum atomic E-state index is 11.5. The zero-order valence-electron chi connectivity index (χ0n) is 11.3. The third-order valence-corrected chi connectivity index (χ3v) is 3.39. The number of rotatable bonds is 6. The van der Waals surface area contributed by atoms with Crippen LogP contribution in [-0.2, 0) is 14.6 Å². The molecule has 0 unspecified atom stereocenters. The van der Waals surface area contributed by atoms with E-state index in [2.05, 4.69) is 15.6 Å². The summed E-state index contributed by atoms with van der Waals surface area (Å²) in [6, 6.07) is 3.14. The Morgan fingerprint density at radius 1 is 1.42 bits per heavy atom. The maximum Gasteiger partial charge on any atom is 0.221 e. The zero-order chi connectivity index (χ0) is 14.5. The summed E-state index contributed by atoms with van der Waals surface area (Å²) in [5.74, 6) is 0.196. The number of amides is 1. The lowest BCUT2D eigenvalue weighted by atomic mass is 10.3. The number of aromatic nitrogens is 1. The molecule has 7 heteroatoms. The van der Waals surface area contributed by atoms with Crippen LogP contribution in [0.2, 0.25) is 0 Å². The molecule has 1 aromatic rings. The Balaban J connectivity index is 2.62. The van der Waals surface area contributed by atoms with Gasteiger partial charge in [0.15, 0.2) is 9.84 Å². The molecule has 0 aliphatic rings. The van der Waals surface area contributed by atoms with Crippen molar-refractivity contribution in [2.45, 2.75) is 31.2 Å². The lowest BCUT2D eigenvalue weighted by Gasteiger charge is -2.11. The van der Waals surface area contributed by atoms with Crippen LogP contribution < -0.4 is 10.6 Å². The quantitative estimate of drug-likeness (QED) is 0.807. The van der Waals surface area contributed by atoms with Gasteiger partial charge in [0, 0.05) is 31.5 Å². The van der Waals surface area contributed by atoms with Gasteiger partial charge in [-0.05, 0) is 26.0 Å². The van der Waals surface area contributed by atoms with E-state index in [1.807, 2.05) is 13.8 Å². The van der Waals surface area contributed by atoms with Crippen LogP contribution in [0.3, 0.4) is 0 Å². The molecule has 0 spiro atoms. The van der Waals surface area contributed by atoms with Crippen LogP contribution in [-0.4, -0.2) is 38.2 Å². The number of carbonyl (C=O) groups is 1. The first kappa shape index (κ1) is 15.4. The molecule has 0 bridgehead atoms. The highest BCUT2D eigenvalue weighted by atomic mass is 32.2. The Bertz CT molecular complexity index is 541. The fourth-order valence-electron chi connectivity index (χ4n) is 1.51. The topological polar surface area (TPSA) is 88.2 Å². The molecule has 1 aromatic heterocycles. The molecule has 1 amide bonds. The van der Waals surface area contributed by atoms with Crippen molar-refractivity contribution in [1.29, 1.82) is 0 Å². The number of anilines is 1. The molecule has 0 aliphatic heterocycles. The minimum atomic E-state index is -3.33. The molecule has 0 saturated heterocycles. The number of nitrogens with one attached hydrogen (secondary N) is 2. The smallest absolute Gasteiger partial charge is 0.221 e. The Morgan fingerprint density at radius 2 is 2.11 bits per heavy atom. The van der Waals surface area contributed by atoms with Gasteiger partial charge in [0.1, 0.15) is 10.7 Å². The fraction of sp³-hybridized carbons (Fsp3) is 0.500. The second kappa shape index (κ2) is 6.51. The van der Waals surface area contributed by atoms with Crippen LogP contribution in [0.25, 0.3) is 0 Å². The van der Waals surface area contributed by atoms with E-state index < -0.39 is 9.84 Å². The van der Waals surface area contributed by atoms with Crippen LogP contribution in [0.15, 0.2) is 23.2 Å². The molecule has 106 valence electrons. The van der Waals surface area contributed by atoms with Crippen molar-refractivity contribution < 1.29 is 13.2 Å². The number of pyridine rings is 1. The van der Waals surface area contributed by atoms with E-state index >= 15 is 0 Å². The van der Waals surface area contributed by atoms with Gasteiger partial charge in [-0.25, -0.2) is 13.4 Å². The molecule has 1 rings (SSSR count). The number of hydrogen-bond donors (Lipinski definition) is 2.